The van der Waals surface area contributed by atoms with Crippen molar-refractivity contribution in [3.05, 3.63) is 29.6 Å². The standard InChI is InChI=1S/C20H27FN2O3/c1-5-9-17(20(25)22-6-2)23(4)19(24)10-7-8-13-26-18-12-11-15(3)14-16(18)21/h1,11-12,14,17H,6-10,13H2,2-4H3,(H,22,25). The second kappa shape index (κ2) is 11.1. The third kappa shape index (κ3) is 6.75. The lowest BCUT2D eigenvalue weighted by Gasteiger charge is -2.26. The van der Waals surface area contributed by atoms with Crippen LogP contribution in [0, 0.1) is 25.1 Å². The maximum atomic E-state index is 13.7. The lowest BCUT2D eigenvalue weighted by Crippen LogP contribution is -2.47. The zero-order valence-electron chi connectivity index (χ0n) is 15.7. The quantitative estimate of drug-likeness (QED) is 0.514. The molecule has 0 heterocycles. The minimum atomic E-state index is -0.662. The van der Waals surface area contributed by atoms with Gasteiger partial charge in [0.1, 0.15) is 6.04 Å². The van der Waals surface area contributed by atoms with Crippen molar-refractivity contribution in [1.82, 2.24) is 10.2 Å². The first-order valence-electron chi connectivity index (χ1n) is 8.76. The van der Waals surface area contributed by atoms with E-state index in [1.165, 1.54) is 11.0 Å². The average molecular weight is 362 g/mol. The third-order valence-corrected chi connectivity index (χ3v) is 3.96. The van der Waals surface area contributed by atoms with Gasteiger partial charge in [-0.1, -0.05) is 6.07 Å². The van der Waals surface area contributed by atoms with E-state index in [1.54, 1.807) is 19.2 Å². The van der Waals surface area contributed by atoms with E-state index in [2.05, 4.69) is 11.2 Å². The molecule has 0 aliphatic carbocycles. The van der Waals surface area contributed by atoms with Crippen molar-refractivity contribution in [1.29, 1.82) is 0 Å². The SMILES string of the molecule is C#CCC(C(=O)NCC)N(C)C(=O)CCCCOc1ccc(C)cc1F. The van der Waals surface area contributed by atoms with Crippen LogP contribution in [0.15, 0.2) is 18.2 Å². The Labute approximate surface area is 154 Å². The van der Waals surface area contributed by atoms with E-state index in [9.17, 15) is 14.0 Å². The number of terminal acetylenes is 1. The van der Waals surface area contributed by atoms with Gasteiger partial charge in [-0.15, -0.1) is 12.3 Å². The van der Waals surface area contributed by atoms with Crippen molar-refractivity contribution in [2.45, 2.75) is 45.6 Å². The maximum Gasteiger partial charge on any atom is 0.243 e. The molecule has 0 fully saturated rings. The number of halogens is 1. The molecular weight excluding hydrogens is 335 g/mol. The van der Waals surface area contributed by atoms with Gasteiger partial charge in [-0.05, 0) is 44.4 Å². The van der Waals surface area contributed by atoms with Gasteiger partial charge in [0, 0.05) is 26.4 Å². The number of amides is 2. The molecule has 1 aromatic carbocycles. The van der Waals surface area contributed by atoms with Gasteiger partial charge in [0.2, 0.25) is 11.8 Å². The zero-order chi connectivity index (χ0) is 19.5. The highest BCUT2D eigenvalue weighted by Gasteiger charge is 2.25. The van der Waals surface area contributed by atoms with Crippen LogP contribution in [0.4, 0.5) is 4.39 Å². The largest absolute Gasteiger partial charge is 0.491 e. The van der Waals surface area contributed by atoms with Gasteiger partial charge < -0.3 is 15.0 Å². The highest BCUT2D eigenvalue weighted by molar-refractivity contribution is 5.87. The number of likely N-dealkylation sites (N-methyl/N-ethyl adjacent to an activating group) is 2. The van der Waals surface area contributed by atoms with Crippen molar-refractivity contribution >= 4 is 11.8 Å². The van der Waals surface area contributed by atoms with Crippen molar-refractivity contribution in [3.8, 4) is 18.1 Å². The predicted octanol–water partition coefficient (Wildman–Crippen LogP) is 2.67. The average Bonchev–Trinajstić information content (AvgIpc) is 2.60. The molecule has 26 heavy (non-hydrogen) atoms. The lowest BCUT2D eigenvalue weighted by molar-refractivity contribution is -0.138. The van der Waals surface area contributed by atoms with Crippen LogP contribution in [0.25, 0.3) is 0 Å². The van der Waals surface area contributed by atoms with E-state index in [-0.39, 0.29) is 36.2 Å². The summed E-state index contributed by atoms with van der Waals surface area (Å²) < 4.78 is 19.1. The molecule has 6 heteroatoms. The monoisotopic (exact) mass is 362 g/mol. The molecule has 0 aliphatic heterocycles. The summed E-state index contributed by atoms with van der Waals surface area (Å²) in [5, 5.41) is 2.69. The molecule has 0 bridgehead atoms. The first-order chi connectivity index (χ1) is 12.4. The summed E-state index contributed by atoms with van der Waals surface area (Å²) in [7, 11) is 1.58. The van der Waals surface area contributed by atoms with Crippen LogP contribution in [-0.4, -0.2) is 43.0 Å². The fourth-order valence-electron chi connectivity index (χ4n) is 2.44. The number of rotatable bonds is 10. The second-order valence-electron chi connectivity index (χ2n) is 6.06. The lowest BCUT2D eigenvalue weighted by atomic mass is 10.1. The molecule has 2 amide bonds. The molecule has 142 valence electrons. The number of hydrogen-bond acceptors (Lipinski definition) is 3. The fourth-order valence-corrected chi connectivity index (χ4v) is 2.44. The Balaban J connectivity index is 2.40. The number of hydrogen-bond donors (Lipinski definition) is 1. The van der Waals surface area contributed by atoms with Crippen LogP contribution in [0.2, 0.25) is 0 Å². The van der Waals surface area contributed by atoms with Crippen LogP contribution in [0.1, 0.15) is 38.2 Å². The summed E-state index contributed by atoms with van der Waals surface area (Å²) in [4.78, 5) is 25.7. The van der Waals surface area contributed by atoms with Crippen molar-refractivity contribution in [3.63, 3.8) is 0 Å². The minimum Gasteiger partial charge on any atom is -0.491 e. The molecule has 1 unspecified atom stereocenters. The number of carbonyl (C=O) groups is 2. The second-order valence-corrected chi connectivity index (χ2v) is 6.06. The van der Waals surface area contributed by atoms with E-state index < -0.39 is 6.04 Å². The van der Waals surface area contributed by atoms with Crippen LogP contribution in [0.3, 0.4) is 0 Å². The van der Waals surface area contributed by atoms with Gasteiger partial charge in [-0.2, -0.15) is 0 Å². The first kappa shape index (κ1) is 21.5. The molecule has 1 atom stereocenters. The normalized spacial score (nSPS) is 11.3. The molecule has 0 saturated heterocycles. The number of ether oxygens (including phenoxy) is 1. The number of benzene rings is 1. The van der Waals surface area contributed by atoms with Gasteiger partial charge in [0.05, 0.1) is 6.61 Å². The van der Waals surface area contributed by atoms with Crippen LogP contribution >= 0.6 is 0 Å². The number of nitrogens with zero attached hydrogens (tertiary/aromatic N) is 1. The van der Waals surface area contributed by atoms with E-state index >= 15 is 0 Å². The number of unbranched alkanes of at least 4 members (excludes halogenated alkanes) is 1. The molecule has 0 radical (unpaired) electrons. The van der Waals surface area contributed by atoms with Gasteiger partial charge in [0.15, 0.2) is 11.6 Å². The highest BCUT2D eigenvalue weighted by Crippen LogP contribution is 2.18. The van der Waals surface area contributed by atoms with Crippen molar-refractivity contribution in [2.75, 3.05) is 20.2 Å². The number of aryl methyl sites for hydroxylation is 1. The predicted molar refractivity (Wildman–Crippen MR) is 99.2 cm³/mol. The molecule has 5 nitrogen and oxygen atoms in total. The molecule has 1 N–H and O–H groups in total. The van der Waals surface area contributed by atoms with E-state index in [4.69, 9.17) is 11.2 Å². The molecular formula is C20H27FN2O3. The Hall–Kier alpha value is -2.55. The Morgan fingerprint density at radius 1 is 1.38 bits per heavy atom. The van der Waals surface area contributed by atoms with Crippen LogP contribution < -0.4 is 10.1 Å². The highest BCUT2D eigenvalue weighted by atomic mass is 19.1. The summed E-state index contributed by atoms with van der Waals surface area (Å²) >= 11 is 0. The summed E-state index contributed by atoms with van der Waals surface area (Å²) in [6.07, 6.45) is 6.93. The van der Waals surface area contributed by atoms with Crippen LogP contribution in [-0.2, 0) is 9.59 Å². The summed E-state index contributed by atoms with van der Waals surface area (Å²) in [5.74, 6) is 1.85. The topological polar surface area (TPSA) is 58.6 Å². The van der Waals surface area contributed by atoms with Gasteiger partial charge >= 0.3 is 0 Å². The first-order valence-corrected chi connectivity index (χ1v) is 8.76. The van der Waals surface area contributed by atoms with E-state index in [1.807, 2.05) is 13.8 Å². The Bertz CT molecular complexity index is 655. The molecule has 0 aromatic heterocycles. The van der Waals surface area contributed by atoms with Crippen molar-refractivity contribution < 1.29 is 18.7 Å². The Morgan fingerprint density at radius 2 is 2.12 bits per heavy atom. The minimum absolute atomic E-state index is 0.155. The van der Waals surface area contributed by atoms with E-state index in [0.717, 1.165) is 5.56 Å². The molecule has 0 aliphatic rings. The maximum absolute atomic E-state index is 13.7. The number of carbonyl (C=O) groups excluding carboxylic acids is 2. The molecule has 0 saturated carbocycles. The van der Waals surface area contributed by atoms with Gasteiger partial charge in [-0.25, -0.2) is 4.39 Å². The summed E-state index contributed by atoms with van der Waals surface area (Å²) in [6, 6.07) is 4.13. The molecule has 1 rings (SSSR count). The molecule has 0 spiro atoms. The smallest absolute Gasteiger partial charge is 0.243 e. The summed E-state index contributed by atoms with van der Waals surface area (Å²) in [6.45, 7) is 4.42. The zero-order valence-corrected chi connectivity index (χ0v) is 15.7. The Kier molecular flexibility index (Phi) is 9.21. The number of nitrogens with one attached hydrogen (secondary N) is 1. The fraction of sp³-hybridized carbons (Fsp3) is 0.500. The van der Waals surface area contributed by atoms with Gasteiger partial charge in [0.25, 0.3) is 0 Å². The Morgan fingerprint density at radius 3 is 2.73 bits per heavy atom. The van der Waals surface area contributed by atoms with Crippen LogP contribution in [0.5, 0.6) is 5.75 Å². The third-order valence-electron chi connectivity index (χ3n) is 3.96. The molecule has 1 aromatic rings. The summed E-state index contributed by atoms with van der Waals surface area (Å²) in [5.41, 5.74) is 0.831. The van der Waals surface area contributed by atoms with Gasteiger partial charge in [-0.3, -0.25) is 9.59 Å². The van der Waals surface area contributed by atoms with E-state index in [0.29, 0.717) is 26.0 Å². The van der Waals surface area contributed by atoms with Crippen molar-refractivity contribution in [2.24, 2.45) is 0 Å².